The van der Waals surface area contributed by atoms with E-state index in [0.717, 1.165) is 50.3 Å². The standard InChI is InChI=1S/C20H33N3O3.ClH/c1-3-18(20(24)25)23(14-15-26-4-2)13-6-5-9-17-11-10-16-8-7-12-21-19(16)22-17;/h10-11,18H,3-9,12-15H2,1-2H3,(H,21,22)(H,24,25);1H. The average Bonchev–Trinajstić information content (AvgIpc) is 2.65. The van der Waals surface area contributed by atoms with Crippen molar-refractivity contribution < 1.29 is 14.6 Å². The number of aryl methyl sites for hydroxylation is 2. The molecule has 0 bridgehead atoms. The molecule has 0 saturated carbocycles. The van der Waals surface area contributed by atoms with Crippen LogP contribution in [-0.4, -0.2) is 59.8 Å². The van der Waals surface area contributed by atoms with Gasteiger partial charge in [-0.1, -0.05) is 13.0 Å². The third kappa shape index (κ3) is 7.64. The summed E-state index contributed by atoms with van der Waals surface area (Å²) in [5, 5.41) is 12.8. The number of carbonyl (C=O) groups is 1. The lowest BCUT2D eigenvalue weighted by atomic mass is 10.1. The molecule has 0 aromatic carbocycles. The summed E-state index contributed by atoms with van der Waals surface area (Å²) in [5.41, 5.74) is 2.43. The number of carboxylic acids is 1. The quantitative estimate of drug-likeness (QED) is 0.525. The monoisotopic (exact) mass is 399 g/mol. The predicted octanol–water partition coefficient (Wildman–Crippen LogP) is 3.39. The largest absolute Gasteiger partial charge is 0.480 e. The van der Waals surface area contributed by atoms with Crippen LogP contribution >= 0.6 is 12.4 Å². The van der Waals surface area contributed by atoms with Crippen LogP contribution < -0.4 is 5.32 Å². The Bertz CT molecular complexity index is 571. The fourth-order valence-electron chi connectivity index (χ4n) is 3.47. The van der Waals surface area contributed by atoms with Gasteiger partial charge in [-0.3, -0.25) is 9.69 Å². The number of fused-ring (bicyclic) bond motifs is 1. The zero-order valence-corrected chi connectivity index (χ0v) is 17.4. The highest BCUT2D eigenvalue weighted by atomic mass is 35.5. The molecule has 1 aliphatic rings. The fourth-order valence-corrected chi connectivity index (χ4v) is 3.47. The molecule has 2 N–H and O–H groups in total. The van der Waals surface area contributed by atoms with Gasteiger partial charge in [-0.15, -0.1) is 12.4 Å². The molecule has 0 amide bonds. The van der Waals surface area contributed by atoms with Gasteiger partial charge in [0.1, 0.15) is 11.9 Å². The molecule has 27 heavy (non-hydrogen) atoms. The summed E-state index contributed by atoms with van der Waals surface area (Å²) in [6, 6.07) is 3.89. The molecule has 2 rings (SSSR count). The van der Waals surface area contributed by atoms with Crippen LogP contribution in [0.2, 0.25) is 0 Å². The number of anilines is 1. The molecule has 154 valence electrons. The Morgan fingerprint density at radius 3 is 2.85 bits per heavy atom. The van der Waals surface area contributed by atoms with Crippen molar-refractivity contribution in [3.05, 3.63) is 23.4 Å². The van der Waals surface area contributed by atoms with Gasteiger partial charge in [0.2, 0.25) is 0 Å². The number of carboxylic acid groups (broad SMARTS) is 1. The third-order valence-electron chi connectivity index (χ3n) is 4.92. The normalized spacial score (nSPS) is 14.2. The van der Waals surface area contributed by atoms with E-state index < -0.39 is 12.0 Å². The number of halogens is 1. The van der Waals surface area contributed by atoms with Crippen molar-refractivity contribution in [2.45, 2.75) is 58.4 Å². The predicted molar refractivity (Wildman–Crippen MR) is 111 cm³/mol. The maximum absolute atomic E-state index is 11.5. The van der Waals surface area contributed by atoms with E-state index >= 15 is 0 Å². The van der Waals surface area contributed by atoms with Crippen LogP contribution in [-0.2, 0) is 22.4 Å². The lowest BCUT2D eigenvalue weighted by molar-refractivity contribution is -0.143. The third-order valence-corrected chi connectivity index (χ3v) is 4.92. The first-order valence-electron chi connectivity index (χ1n) is 9.93. The zero-order valence-electron chi connectivity index (χ0n) is 16.6. The van der Waals surface area contributed by atoms with Gasteiger partial charge in [-0.2, -0.15) is 0 Å². The summed E-state index contributed by atoms with van der Waals surface area (Å²) >= 11 is 0. The van der Waals surface area contributed by atoms with Gasteiger partial charge in [0.05, 0.1) is 6.61 Å². The Morgan fingerprint density at radius 2 is 2.15 bits per heavy atom. The molecular weight excluding hydrogens is 366 g/mol. The molecule has 1 aliphatic heterocycles. The van der Waals surface area contributed by atoms with E-state index in [2.05, 4.69) is 17.4 Å². The van der Waals surface area contributed by atoms with Crippen LogP contribution in [0.4, 0.5) is 5.82 Å². The highest BCUT2D eigenvalue weighted by molar-refractivity contribution is 5.85. The van der Waals surface area contributed by atoms with E-state index in [-0.39, 0.29) is 12.4 Å². The number of hydrogen-bond donors (Lipinski definition) is 2. The smallest absolute Gasteiger partial charge is 0.320 e. The van der Waals surface area contributed by atoms with Crippen molar-refractivity contribution in [2.24, 2.45) is 0 Å². The van der Waals surface area contributed by atoms with Crippen LogP contribution in [0.5, 0.6) is 0 Å². The van der Waals surface area contributed by atoms with Crippen molar-refractivity contribution in [3.8, 4) is 0 Å². The van der Waals surface area contributed by atoms with Crippen molar-refractivity contribution in [1.82, 2.24) is 9.88 Å². The summed E-state index contributed by atoms with van der Waals surface area (Å²) in [6.07, 6.45) is 5.79. The first kappa shape index (κ1) is 23.7. The maximum atomic E-state index is 11.5. The van der Waals surface area contributed by atoms with Crippen molar-refractivity contribution in [2.75, 3.05) is 38.2 Å². The van der Waals surface area contributed by atoms with Gasteiger partial charge in [0, 0.05) is 25.4 Å². The second-order valence-electron chi connectivity index (χ2n) is 6.79. The molecule has 1 atom stereocenters. The van der Waals surface area contributed by atoms with E-state index in [1.165, 1.54) is 12.0 Å². The number of rotatable bonds is 12. The summed E-state index contributed by atoms with van der Waals surface area (Å²) < 4.78 is 5.42. The first-order chi connectivity index (χ1) is 12.7. The number of aliphatic carboxylic acids is 1. The molecule has 7 heteroatoms. The van der Waals surface area contributed by atoms with Crippen molar-refractivity contribution in [3.63, 3.8) is 0 Å². The van der Waals surface area contributed by atoms with E-state index in [1.807, 2.05) is 18.7 Å². The van der Waals surface area contributed by atoms with Crippen molar-refractivity contribution in [1.29, 1.82) is 0 Å². The molecule has 1 aromatic heterocycles. The average molecular weight is 400 g/mol. The second-order valence-corrected chi connectivity index (χ2v) is 6.79. The number of pyridine rings is 1. The van der Waals surface area contributed by atoms with Gasteiger partial charge in [-0.25, -0.2) is 4.98 Å². The van der Waals surface area contributed by atoms with E-state index in [1.54, 1.807) is 0 Å². The lowest BCUT2D eigenvalue weighted by Gasteiger charge is -2.28. The molecule has 0 aliphatic carbocycles. The van der Waals surface area contributed by atoms with Gasteiger partial charge in [-0.05, 0) is 63.6 Å². The topological polar surface area (TPSA) is 74.7 Å². The van der Waals surface area contributed by atoms with Crippen LogP contribution in [0, 0.1) is 0 Å². The Hall–Kier alpha value is -1.37. The molecule has 6 nitrogen and oxygen atoms in total. The number of nitrogens with one attached hydrogen (secondary N) is 1. The van der Waals surface area contributed by atoms with Crippen LogP contribution in [0.3, 0.4) is 0 Å². The zero-order chi connectivity index (χ0) is 18.8. The van der Waals surface area contributed by atoms with Crippen molar-refractivity contribution >= 4 is 24.2 Å². The van der Waals surface area contributed by atoms with Crippen LogP contribution in [0.25, 0.3) is 0 Å². The molecule has 0 saturated heterocycles. The van der Waals surface area contributed by atoms with E-state index in [0.29, 0.717) is 26.2 Å². The van der Waals surface area contributed by atoms with Gasteiger partial charge >= 0.3 is 5.97 Å². The lowest BCUT2D eigenvalue weighted by Crippen LogP contribution is -2.43. The Labute approximate surface area is 169 Å². The summed E-state index contributed by atoms with van der Waals surface area (Å²) in [4.78, 5) is 18.3. The minimum Gasteiger partial charge on any atom is -0.480 e. The summed E-state index contributed by atoms with van der Waals surface area (Å²) in [5.74, 6) is 0.301. The van der Waals surface area contributed by atoms with Gasteiger partial charge in [0.15, 0.2) is 0 Å². The Balaban J connectivity index is 0.00000364. The molecule has 0 fully saturated rings. The first-order valence-corrected chi connectivity index (χ1v) is 9.93. The summed E-state index contributed by atoms with van der Waals surface area (Å²) in [7, 11) is 0. The fraction of sp³-hybridized carbons (Fsp3) is 0.700. The molecule has 1 aromatic rings. The maximum Gasteiger partial charge on any atom is 0.320 e. The number of ether oxygens (including phenoxy) is 1. The highest BCUT2D eigenvalue weighted by Gasteiger charge is 2.23. The highest BCUT2D eigenvalue weighted by Crippen LogP contribution is 2.20. The van der Waals surface area contributed by atoms with Gasteiger partial charge in [0.25, 0.3) is 0 Å². The molecule has 1 unspecified atom stereocenters. The molecule has 2 heterocycles. The van der Waals surface area contributed by atoms with Crippen LogP contribution in [0.1, 0.15) is 50.8 Å². The minimum absolute atomic E-state index is 0. The number of hydrogen-bond acceptors (Lipinski definition) is 5. The van der Waals surface area contributed by atoms with E-state index in [9.17, 15) is 9.90 Å². The molecule has 0 radical (unpaired) electrons. The SMILES string of the molecule is CCOCCN(CCCCc1ccc2c(n1)NCCC2)C(CC)C(=O)O.Cl. The van der Waals surface area contributed by atoms with E-state index in [4.69, 9.17) is 9.72 Å². The van der Waals surface area contributed by atoms with Crippen LogP contribution in [0.15, 0.2) is 12.1 Å². The number of unbranched alkanes of at least 4 members (excludes halogenated alkanes) is 1. The van der Waals surface area contributed by atoms with Gasteiger partial charge < -0.3 is 15.2 Å². The Morgan fingerprint density at radius 1 is 1.33 bits per heavy atom. The minimum atomic E-state index is -0.744. The molecule has 0 spiro atoms. The molecular formula is C20H34ClN3O3. The second kappa shape index (κ2) is 12.9. The number of aromatic nitrogens is 1. The number of nitrogens with zero attached hydrogens (tertiary/aromatic N) is 2. The Kier molecular flexibility index (Phi) is 11.3. The summed E-state index contributed by atoms with van der Waals surface area (Å²) in [6.45, 7) is 7.58.